The van der Waals surface area contributed by atoms with Crippen molar-refractivity contribution in [3.63, 3.8) is 0 Å². The van der Waals surface area contributed by atoms with E-state index >= 15 is 0 Å². The van der Waals surface area contributed by atoms with Gasteiger partial charge in [-0.2, -0.15) is 0 Å². The quantitative estimate of drug-likeness (QED) is 0.806. The number of nitrogens with two attached hydrogens (primary N) is 1. The van der Waals surface area contributed by atoms with Gasteiger partial charge in [-0.15, -0.1) is 12.4 Å². The van der Waals surface area contributed by atoms with Crippen LogP contribution in [0.15, 0.2) is 30.3 Å². The Balaban J connectivity index is 0.00000112. The van der Waals surface area contributed by atoms with E-state index in [1.54, 1.807) is 0 Å². The summed E-state index contributed by atoms with van der Waals surface area (Å²) in [5.41, 5.74) is 5.33. The number of rotatable bonds is 2. The molecule has 82 valence electrons. The monoisotopic (exact) mass is 227 g/mol. The predicted molar refractivity (Wildman–Crippen MR) is 60.2 cm³/mol. The molecule has 3 nitrogen and oxygen atoms in total. The lowest BCUT2D eigenvalue weighted by molar-refractivity contribution is -0.140. The topological polar surface area (TPSA) is 63.3 Å². The molecule has 1 saturated carbocycles. The largest absolute Gasteiger partial charge is 0.480 e. The second-order valence-corrected chi connectivity index (χ2v) is 4.15. The molecule has 4 heteroatoms. The Morgan fingerprint density at radius 2 is 1.93 bits per heavy atom. The standard InChI is InChI=1S/C11H13NO2.ClH/c1-10(7-11(10,12)9(13)14)8-5-3-2-4-6-8;/h2-6H,7,12H2,1H3,(H,13,14);1H. The normalized spacial score (nSPS) is 32.9. The molecule has 1 aromatic carbocycles. The number of hydrogen-bond donors (Lipinski definition) is 2. The molecule has 0 amide bonds. The molecule has 0 heterocycles. The van der Waals surface area contributed by atoms with E-state index in [9.17, 15) is 4.79 Å². The average Bonchev–Trinajstić information content (AvgIpc) is 2.74. The maximum Gasteiger partial charge on any atom is 0.324 e. The van der Waals surface area contributed by atoms with Crippen LogP contribution in [0, 0.1) is 0 Å². The maximum absolute atomic E-state index is 10.9. The van der Waals surface area contributed by atoms with Crippen molar-refractivity contribution in [2.45, 2.75) is 24.3 Å². The van der Waals surface area contributed by atoms with Gasteiger partial charge in [0, 0.05) is 5.41 Å². The number of carbonyl (C=O) groups is 1. The van der Waals surface area contributed by atoms with Crippen molar-refractivity contribution < 1.29 is 9.90 Å². The van der Waals surface area contributed by atoms with Gasteiger partial charge >= 0.3 is 5.97 Å². The molecule has 1 fully saturated rings. The van der Waals surface area contributed by atoms with Crippen LogP contribution in [-0.2, 0) is 10.2 Å². The second kappa shape index (κ2) is 3.51. The fraction of sp³-hybridized carbons (Fsp3) is 0.364. The molecule has 2 atom stereocenters. The van der Waals surface area contributed by atoms with Gasteiger partial charge in [-0.05, 0) is 12.0 Å². The first-order valence-corrected chi connectivity index (χ1v) is 4.58. The number of carboxylic acids is 1. The van der Waals surface area contributed by atoms with E-state index in [1.165, 1.54) is 0 Å². The van der Waals surface area contributed by atoms with Crippen LogP contribution in [0.3, 0.4) is 0 Å². The molecule has 15 heavy (non-hydrogen) atoms. The van der Waals surface area contributed by atoms with Crippen LogP contribution in [0.5, 0.6) is 0 Å². The minimum absolute atomic E-state index is 0. The van der Waals surface area contributed by atoms with Crippen molar-refractivity contribution in [2.24, 2.45) is 5.73 Å². The van der Waals surface area contributed by atoms with Crippen LogP contribution < -0.4 is 5.73 Å². The summed E-state index contributed by atoms with van der Waals surface area (Å²) in [6, 6.07) is 9.58. The number of carboxylic acid groups (broad SMARTS) is 1. The van der Waals surface area contributed by atoms with Gasteiger partial charge < -0.3 is 10.8 Å². The smallest absolute Gasteiger partial charge is 0.324 e. The van der Waals surface area contributed by atoms with E-state index in [2.05, 4.69) is 0 Å². The molecule has 0 radical (unpaired) electrons. The molecule has 1 aliphatic rings. The van der Waals surface area contributed by atoms with Crippen molar-refractivity contribution in [3.05, 3.63) is 35.9 Å². The molecule has 0 aromatic heterocycles. The summed E-state index contributed by atoms with van der Waals surface area (Å²) in [6.07, 6.45) is 0.513. The summed E-state index contributed by atoms with van der Waals surface area (Å²) in [6.45, 7) is 1.90. The van der Waals surface area contributed by atoms with E-state index < -0.39 is 16.9 Å². The first-order chi connectivity index (χ1) is 6.51. The number of hydrogen-bond acceptors (Lipinski definition) is 2. The van der Waals surface area contributed by atoms with Gasteiger partial charge in [-0.25, -0.2) is 0 Å². The van der Waals surface area contributed by atoms with Crippen LogP contribution in [-0.4, -0.2) is 16.6 Å². The fourth-order valence-corrected chi connectivity index (χ4v) is 1.99. The zero-order valence-electron chi connectivity index (χ0n) is 8.43. The van der Waals surface area contributed by atoms with E-state index in [1.807, 2.05) is 37.3 Å². The summed E-state index contributed by atoms with van der Waals surface area (Å²) in [7, 11) is 0. The molecule has 0 saturated heterocycles. The molecule has 0 aliphatic heterocycles. The first kappa shape index (κ1) is 12.0. The molecule has 1 aliphatic carbocycles. The predicted octanol–water partition coefficient (Wildman–Crippen LogP) is 1.55. The SMILES string of the molecule is CC1(c2ccccc2)CC1(N)C(=O)O.Cl. The third-order valence-corrected chi connectivity index (χ3v) is 3.28. The van der Waals surface area contributed by atoms with E-state index in [-0.39, 0.29) is 12.4 Å². The Kier molecular flexibility index (Phi) is 2.81. The highest BCUT2D eigenvalue weighted by atomic mass is 35.5. The van der Waals surface area contributed by atoms with Crippen LogP contribution >= 0.6 is 12.4 Å². The summed E-state index contributed by atoms with van der Waals surface area (Å²) in [5, 5.41) is 8.98. The van der Waals surface area contributed by atoms with Gasteiger partial charge in [0.05, 0.1) is 0 Å². The summed E-state index contributed by atoms with van der Waals surface area (Å²) in [4.78, 5) is 10.9. The maximum atomic E-state index is 10.9. The molecule has 3 N–H and O–H groups in total. The van der Waals surface area contributed by atoms with Gasteiger partial charge in [-0.3, -0.25) is 4.79 Å². The number of halogens is 1. The van der Waals surface area contributed by atoms with Crippen molar-refractivity contribution in [2.75, 3.05) is 0 Å². The van der Waals surface area contributed by atoms with Crippen LogP contribution in [0.4, 0.5) is 0 Å². The average molecular weight is 228 g/mol. The zero-order chi connectivity index (χ0) is 10.4. The Bertz CT molecular complexity index is 381. The zero-order valence-corrected chi connectivity index (χ0v) is 9.25. The van der Waals surface area contributed by atoms with Crippen molar-refractivity contribution >= 4 is 18.4 Å². The van der Waals surface area contributed by atoms with Crippen molar-refractivity contribution in [1.29, 1.82) is 0 Å². The highest BCUT2D eigenvalue weighted by Gasteiger charge is 2.68. The summed E-state index contributed by atoms with van der Waals surface area (Å²) >= 11 is 0. The van der Waals surface area contributed by atoms with Crippen LogP contribution in [0.1, 0.15) is 18.9 Å². The molecular formula is C11H14ClNO2. The molecule has 0 bridgehead atoms. The highest BCUT2D eigenvalue weighted by molar-refractivity contribution is 5.86. The van der Waals surface area contributed by atoms with Gasteiger partial charge in [0.1, 0.15) is 5.54 Å². The Morgan fingerprint density at radius 1 is 1.40 bits per heavy atom. The van der Waals surface area contributed by atoms with Gasteiger partial charge in [0.25, 0.3) is 0 Å². The van der Waals surface area contributed by atoms with Gasteiger partial charge in [-0.1, -0.05) is 37.3 Å². The third kappa shape index (κ3) is 1.52. The Hall–Kier alpha value is -1.06. The lowest BCUT2D eigenvalue weighted by atomic mass is 9.93. The number of benzene rings is 1. The van der Waals surface area contributed by atoms with Gasteiger partial charge in [0.2, 0.25) is 0 Å². The highest BCUT2D eigenvalue weighted by Crippen LogP contribution is 2.55. The van der Waals surface area contributed by atoms with Crippen LogP contribution in [0.2, 0.25) is 0 Å². The van der Waals surface area contributed by atoms with Crippen molar-refractivity contribution in [1.82, 2.24) is 0 Å². The molecule has 2 unspecified atom stereocenters. The second-order valence-electron chi connectivity index (χ2n) is 4.15. The Morgan fingerprint density at radius 3 is 2.33 bits per heavy atom. The lowest BCUT2D eigenvalue weighted by Crippen LogP contribution is -2.40. The Labute approximate surface area is 94.7 Å². The van der Waals surface area contributed by atoms with E-state index in [4.69, 9.17) is 10.8 Å². The van der Waals surface area contributed by atoms with E-state index in [0.29, 0.717) is 6.42 Å². The molecule has 1 aromatic rings. The van der Waals surface area contributed by atoms with Gasteiger partial charge in [0.15, 0.2) is 0 Å². The first-order valence-electron chi connectivity index (χ1n) is 4.58. The van der Waals surface area contributed by atoms with Crippen molar-refractivity contribution in [3.8, 4) is 0 Å². The minimum Gasteiger partial charge on any atom is -0.480 e. The number of aliphatic carboxylic acids is 1. The molecule has 0 spiro atoms. The summed E-state index contributed by atoms with van der Waals surface area (Å²) < 4.78 is 0. The minimum atomic E-state index is -1.08. The molecule has 2 rings (SSSR count). The van der Waals surface area contributed by atoms with E-state index in [0.717, 1.165) is 5.56 Å². The third-order valence-electron chi connectivity index (χ3n) is 3.28. The van der Waals surface area contributed by atoms with Crippen LogP contribution in [0.25, 0.3) is 0 Å². The molecular weight excluding hydrogens is 214 g/mol. The fourth-order valence-electron chi connectivity index (χ4n) is 1.99. The lowest BCUT2D eigenvalue weighted by Gasteiger charge is -2.14. The summed E-state index contributed by atoms with van der Waals surface area (Å²) in [5.74, 6) is -0.913.